The van der Waals surface area contributed by atoms with Gasteiger partial charge in [0, 0.05) is 11.1 Å². The molecule has 160 valence electrons. The van der Waals surface area contributed by atoms with Crippen LogP contribution in [0.25, 0.3) is 0 Å². The molecule has 0 fully saturated rings. The number of benzene rings is 3. The Morgan fingerprint density at radius 1 is 0.875 bits per heavy atom. The van der Waals surface area contributed by atoms with Crippen LogP contribution in [0.15, 0.2) is 99.9 Å². The van der Waals surface area contributed by atoms with Gasteiger partial charge in [-0.15, -0.1) is 0 Å². The number of esters is 1. The molecule has 0 saturated carbocycles. The molecule has 7 nitrogen and oxygen atoms in total. The van der Waals surface area contributed by atoms with Crippen LogP contribution in [-0.4, -0.2) is 33.0 Å². The Labute approximate surface area is 185 Å². The summed E-state index contributed by atoms with van der Waals surface area (Å²) < 4.78 is 34.5. The molecular weight excluding hydrogens is 428 g/mol. The second-order valence-corrected chi connectivity index (χ2v) is 8.46. The summed E-state index contributed by atoms with van der Waals surface area (Å²) in [4.78, 5) is 25.2. The van der Waals surface area contributed by atoms with E-state index in [9.17, 15) is 18.0 Å². The molecule has 1 aliphatic rings. The van der Waals surface area contributed by atoms with Gasteiger partial charge in [0.1, 0.15) is 0 Å². The summed E-state index contributed by atoms with van der Waals surface area (Å²) in [5, 5.41) is 2.95. The van der Waals surface area contributed by atoms with Crippen molar-refractivity contribution in [2.24, 2.45) is 4.40 Å². The maximum absolute atomic E-state index is 13.1. The van der Waals surface area contributed by atoms with E-state index in [0.29, 0.717) is 16.8 Å². The minimum Gasteiger partial charge on any atom is -0.465 e. The largest absolute Gasteiger partial charge is 0.465 e. The maximum atomic E-state index is 13.1. The van der Waals surface area contributed by atoms with E-state index in [1.54, 1.807) is 66.7 Å². The summed E-state index contributed by atoms with van der Waals surface area (Å²) >= 11 is 0. The lowest BCUT2D eigenvalue weighted by atomic mass is 9.92. The van der Waals surface area contributed by atoms with Gasteiger partial charge in [-0.05, 0) is 30.3 Å². The zero-order valence-corrected chi connectivity index (χ0v) is 17.8. The van der Waals surface area contributed by atoms with Crippen molar-refractivity contribution in [3.05, 3.63) is 107 Å². The second kappa shape index (κ2) is 8.60. The summed E-state index contributed by atoms with van der Waals surface area (Å²) in [6.07, 6.45) is 1.37. The van der Waals surface area contributed by atoms with E-state index in [2.05, 4.69) is 9.71 Å². The van der Waals surface area contributed by atoms with Gasteiger partial charge >= 0.3 is 5.97 Å². The Morgan fingerprint density at radius 2 is 1.50 bits per heavy atom. The molecule has 0 amide bonds. The highest BCUT2D eigenvalue weighted by Gasteiger charge is 2.27. The van der Waals surface area contributed by atoms with Crippen molar-refractivity contribution in [2.75, 3.05) is 12.4 Å². The highest BCUT2D eigenvalue weighted by atomic mass is 32.2. The Morgan fingerprint density at radius 3 is 2.22 bits per heavy atom. The Balaban J connectivity index is 1.82. The number of hydrogen-bond acceptors (Lipinski definition) is 6. The van der Waals surface area contributed by atoms with E-state index in [1.807, 2.05) is 0 Å². The average molecular weight is 446 g/mol. The van der Waals surface area contributed by atoms with E-state index in [1.165, 1.54) is 25.3 Å². The lowest BCUT2D eigenvalue weighted by Crippen LogP contribution is -2.23. The van der Waals surface area contributed by atoms with Crippen molar-refractivity contribution >= 4 is 33.2 Å². The standard InChI is InChI=1S/C24H18N2O5S/c1-31-24(28)19-13-7-8-14-20(19)25-22-15-21(17-11-5-6-12-18(17)23(22)27)26-32(29,30)16-9-3-2-4-10-16/h2-15,25H,1H3. The van der Waals surface area contributed by atoms with Gasteiger partial charge in [-0.25, -0.2) is 4.79 Å². The summed E-state index contributed by atoms with van der Waals surface area (Å²) in [5.74, 6) is -0.922. The Kier molecular flexibility index (Phi) is 5.70. The van der Waals surface area contributed by atoms with Gasteiger partial charge in [-0.2, -0.15) is 12.8 Å². The first-order valence-electron chi connectivity index (χ1n) is 9.61. The van der Waals surface area contributed by atoms with Crippen molar-refractivity contribution in [2.45, 2.75) is 4.90 Å². The van der Waals surface area contributed by atoms with Gasteiger partial charge in [0.05, 0.1) is 34.7 Å². The molecule has 1 N–H and O–H groups in total. The molecule has 0 saturated heterocycles. The molecule has 0 spiro atoms. The third-order valence-electron chi connectivity index (χ3n) is 4.83. The SMILES string of the molecule is COC(=O)c1ccccc1NC1=CC(=NS(=O)(=O)c2ccccc2)c2ccccc2C1=O. The minimum atomic E-state index is -4.01. The molecule has 0 atom stereocenters. The van der Waals surface area contributed by atoms with E-state index < -0.39 is 16.0 Å². The molecule has 0 unspecified atom stereocenters. The molecular formula is C24H18N2O5S. The molecule has 1 aliphatic carbocycles. The highest BCUT2D eigenvalue weighted by molar-refractivity contribution is 7.90. The van der Waals surface area contributed by atoms with Crippen LogP contribution in [0.5, 0.6) is 0 Å². The Bertz CT molecular complexity index is 1380. The van der Waals surface area contributed by atoms with Gasteiger partial charge < -0.3 is 10.1 Å². The fourth-order valence-corrected chi connectivity index (χ4v) is 4.31. The highest BCUT2D eigenvalue weighted by Crippen LogP contribution is 2.26. The van der Waals surface area contributed by atoms with Crippen LogP contribution >= 0.6 is 0 Å². The number of carbonyl (C=O) groups excluding carboxylic acids is 2. The van der Waals surface area contributed by atoms with E-state index in [0.717, 1.165) is 0 Å². The summed E-state index contributed by atoms with van der Waals surface area (Å²) in [5.41, 5.74) is 1.49. The van der Waals surface area contributed by atoms with Gasteiger partial charge in [0.2, 0.25) is 5.78 Å². The predicted octanol–water partition coefficient (Wildman–Crippen LogP) is 3.84. The number of ether oxygens (including phenoxy) is 1. The van der Waals surface area contributed by atoms with Crippen LogP contribution in [0.2, 0.25) is 0 Å². The first-order valence-corrected chi connectivity index (χ1v) is 11.0. The summed E-state index contributed by atoms with van der Waals surface area (Å²) in [7, 11) is -2.75. The van der Waals surface area contributed by atoms with Crippen LogP contribution in [0, 0.1) is 0 Å². The number of Topliss-reactive ketones (excluding diaryl/α,β-unsaturated/α-hetero) is 1. The zero-order chi connectivity index (χ0) is 22.7. The molecule has 3 aromatic carbocycles. The molecule has 4 rings (SSSR count). The number of para-hydroxylation sites is 1. The van der Waals surface area contributed by atoms with Crippen molar-refractivity contribution in [1.82, 2.24) is 0 Å². The van der Waals surface area contributed by atoms with Crippen LogP contribution in [0.4, 0.5) is 5.69 Å². The van der Waals surface area contributed by atoms with Crippen LogP contribution < -0.4 is 5.32 Å². The van der Waals surface area contributed by atoms with Crippen LogP contribution in [-0.2, 0) is 14.8 Å². The van der Waals surface area contributed by atoms with Crippen LogP contribution in [0.1, 0.15) is 26.3 Å². The topological polar surface area (TPSA) is 102 Å². The molecule has 3 aromatic rings. The molecule has 0 radical (unpaired) electrons. The molecule has 0 heterocycles. The second-order valence-electron chi connectivity index (χ2n) is 6.86. The molecule has 32 heavy (non-hydrogen) atoms. The number of sulfonamides is 1. The molecule has 0 aromatic heterocycles. The number of rotatable bonds is 5. The summed E-state index contributed by atoms with van der Waals surface area (Å²) in [6, 6.07) is 21.0. The van der Waals surface area contributed by atoms with Gasteiger partial charge in [0.15, 0.2) is 0 Å². The Hall–Kier alpha value is -4.04. The lowest BCUT2D eigenvalue weighted by molar-refractivity contribution is 0.0601. The number of ketones is 1. The van der Waals surface area contributed by atoms with Gasteiger partial charge in [-0.1, -0.05) is 54.6 Å². The predicted molar refractivity (Wildman–Crippen MR) is 120 cm³/mol. The number of anilines is 1. The van der Waals surface area contributed by atoms with Crippen molar-refractivity contribution in [3.8, 4) is 0 Å². The maximum Gasteiger partial charge on any atom is 0.339 e. The van der Waals surface area contributed by atoms with E-state index in [-0.39, 0.29) is 27.7 Å². The number of methoxy groups -OCH3 is 1. The zero-order valence-electron chi connectivity index (χ0n) is 17.0. The fourth-order valence-electron chi connectivity index (χ4n) is 3.30. The van der Waals surface area contributed by atoms with Crippen molar-refractivity contribution in [1.29, 1.82) is 0 Å². The smallest absolute Gasteiger partial charge is 0.339 e. The van der Waals surface area contributed by atoms with Gasteiger partial charge in [-0.3, -0.25) is 4.79 Å². The van der Waals surface area contributed by atoms with E-state index in [4.69, 9.17) is 4.74 Å². The van der Waals surface area contributed by atoms with Gasteiger partial charge in [0.25, 0.3) is 10.0 Å². The fraction of sp³-hybridized carbons (Fsp3) is 0.0417. The first kappa shape index (κ1) is 21.2. The van der Waals surface area contributed by atoms with E-state index >= 15 is 0 Å². The normalized spacial score (nSPS) is 14.5. The van der Waals surface area contributed by atoms with Crippen molar-refractivity contribution in [3.63, 3.8) is 0 Å². The third kappa shape index (κ3) is 4.08. The number of hydrogen-bond donors (Lipinski definition) is 1. The van der Waals surface area contributed by atoms with Crippen molar-refractivity contribution < 1.29 is 22.7 Å². The molecule has 8 heteroatoms. The lowest BCUT2D eigenvalue weighted by Gasteiger charge is -2.19. The minimum absolute atomic E-state index is 0.0424. The molecule has 0 bridgehead atoms. The number of allylic oxidation sites excluding steroid dienone is 2. The number of nitrogens with zero attached hydrogens (tertiary/aromatic N) is 1. The molecule has 0 aliphatic heterocycles. The number of fused-ring (bicyclic) bond motifs is 1. The number of carbonyl (C=O) groups is 2. The monoisotopic (exact) mass is 446 g/mol. The summed E-state index contributed by atoms with van der Waals surface area (Å²) in [6.45, 7) is 0. The first-order chi connectivity index (χ1) is 15.4. The average Bonchev–Trinajstić information content (AvgIpc) is 2.82. The van der Waals surface area contributed by atoms with Crippen LogP contribution in [0.3, 0.4) is 0 Å². The number of nitrogens with one attached hydrogen (secondary N) is 1. The quantitative estimate of drug-likeness (QED) is 0.598. The third-order valence-corrected chi connectivity index (χ3v) is 6.14.